The van der Waals surface area contributed by atoms with Crippen molar-refractivity contribution in [3.8, 4) is 11.5 Å². The van der Waals surface area contributed by atoms with Crippen LogP contribution in [0.15, 0.2) is 66.2 Å². The number of methoxy groups -OCH3 is 1. The topological polar surface area (TPSA) is 87.1 Å². The fourth-order valence-electron chi connectivity index (χ4n) is 4.11. The first kappa shape index (κ1) is 22.1. The molecule has 3 aromatic carbocycles. The Kier molecular flexibility index (Phi) is 5.64. The number of aromatic hydroxyl groups is 1. The van der Waals surface area contributed by atoms with Gasteiger partial charge in [-0.3, -0.25) is 14.5 Å². The van der Waals surface area contributed by atoms with Gasteiger partial charge in [-0.05, 0) is 73.0 Å². The first-order valence-corrected chi connectivity index (χ1v) is 10.2. The molecular weight excluding hydrogens is 425 g/mol. The maximum atomic E-state index is 14.0. The number of benzene rings is 3. The van der Waals surface area contributed by atoms with Crippen LogP contribution >= 0.6 is 0 Å². The van der Waals surface area contributed by atoms with E-state index in [2.05, 4.69) is 0 Å². The second-order valence-electron chi connectivity index (χ2n) is 7.88. The number of nitrogens with zero attached hydrogens (tertiary/aromatic N) is 1. The van der Waals surface area contributed by atoms with Gasteiger partial charge in [0.15, 0.2) is 0 Å². The van der Waals surface area contributed by atoms with Crippen LogP contribution in [0.1, 0.15) is 28.3 Å². The summed E-state index contributed by atoms with van der Waals surface area (Å²) in [7, 11) is 1.54. The Morgan fingerprint density at radius 1 is 1.00 bits per heavy atom. The summed E-state index contributed by atoms with van der Waals surface area (Å²) >= 11 is 0. The highest BCUT2D eigenvalue weighted by Gasteiger charge is 2.47. The molecule has 1 saturated heterocycles. The number of carbonyl (C=O) groups excluding carboxylic acids is 2. The average Bonchev–Trinajstić information content (AvgIpc) is 3.05. The zero-order chi connectivity index (χ0) is 23.9. The highest BCUT2D eigenvalue weighted by molar-refractivity contribution is 6.51. The van der Waals surface area contributed by atoms with Crippen LogP contribution in [-0.4, -0.2) is 29.0 Å². The number of Topliss-reactive ketones (excluding diaryl/α,β-unsaturated/α-hetero) is 1. The van der Waals surface area contributed by atoms with E-state index < -0.39 is 23.5 Å². The molecule has 3 aromatic rings. The molecule has 2 N–H and O–H groups in total. The molecule has 1 unspecified atom stereocenters. The number of aliphatic hydroxyl groups excluding tert-OH is 1. The highest BCUT2D eigenvalue weighted by atomic mass is 19.1. The predicted octanol–water partition coefficient (Wildman–Crippen LogP) is 4.78. The van der Waals surface area contributed by atoms with Crippen molar-refractivity contribution in [3.05, 3.63) is 94.3 Å². The molecule has 0 saturated carbocycles. The van der Waals surface area contributed by atoms with Gasteiger partial charge >= 0.3 is 0 Å². The molecule has 1 atom stereocenters. The number of aliphatic hydroxyl groups is 1. The lowest BCUT2D eigenvalue weighted by Gasteiger charge is -2.25. The predicted molar refractivity (Wildman–Crippen MR) is 122 cm³/mol. The molecule has 4 rings (SSSR count). The minimum absolute atomic E-state index is 0.00285. The van der Waals surface area contributed by atoms with E-state index in [9.17, 15) is 24.2 Å². The Bertz CT molecular complexity index is 1300. The van der Waals surface area contributed by atoms with Crippen molar-refractivity contribution in [2.45, 2.75) is 19.9 Å². The van der Waals surface area contributed by atoms with Gasteiger partial charge in [-0.1, -0.05) is 18.2 Å². The molecule has 6 nitrogen and oxygen atoms in total. The lowest BCUT2D eigenvalue weighted by atomic mass is 9.93. The molecule has 7 heteroatoms. The van der Waals surface area contributed by atoms with Crippen molar-refractivity contribution in [1.82, 2.24) is 0 Å². The quantitative estimate of drug-likeness (QED) is 0.341. The van der Waals surface area contributed by atoms with Crippen LogP contribution in [0, 0.1) is 19.7 Å². The van der Waals surface area contributed by atoms with Gasteiger partial charge in [0.1, 0.15) is 23.1 Å². The minimum Gasteiger partial charge on any atom is -0.508 e. The smallest absolute Gasteiger partial charge is 0.300 e. The number of phenols is 1. The maximum absolute atomic E-state index is 14.0. The van der Waals surface area contributed by atoms with E-state index >= 15 is 0 Å². The van der Waals surface area contributed by atoms with Crippen LogP contribution < -0.4 is 9.64 Å². The summed E-state index contributed by atoms with van der Waals surface area (Å²) in [4.78, 5) is 27.4. The summed E-state index contributed by atoms with van der Waals surface area (Å²) in [6.07, 6.45) is 0. The van der Waals surface area contributed by atoms with Gasteiger partial charge in [-0.15, -0.1) is 0 Å². The second-order valence-corrected chi connectivity index (χ2v) is 7.88. The molecule has 1 fully saturated rings. The van der Waals surface area contributed by atoms with Gasteiger partial charge in [-0.2, -0.15) is 0 Å². The third kappa shape index (κ3) is 3.82. The molecule has 1 aliphatic rings. The van der Waals surface area contributed by atoms with Crippen molar-refractivity contribution >= 4 is 23.1 Å². The molecule has 1 amide bonds. The Labute approximate surface area is 190 Å². The lowest BCUT2D eigenvalue weighted by molar-refractivity contribution is -0.132. The van der Waals surface area contributed by atoms with Crippen LogP contribution in [0.2, 0.25) is 0 Å². The fraction of sp³-hybridized carbons (Fsp3) is 0.154. The van der Waals surface area contributed by atoms with E-state index in [0.29, 0.717) is 22.4 Å². The summed E-state index contributed by atoms with van der Waals surface area (Å²) in [6.45, 7) is 3.56. The SMILES string of the molecule is COc1cc(C)c(/C(O)=C2\C(=O)C(=O)N(c3cccc(F)c3)C2c2ccc(O)cc2)cc1C. The number of anilines is 1. The van der Waals surface area contributed by atoms with Crippen molar-refractivity contribution in [1.29, 1.82) is 0 Å². The monoisotopic (exact) mass is 447 g/mol. The van der Waals surface area contributed by atoms with Gasteiger partial charge in [-0.25, -0.2) is 4.39 Å². The van der Waals surface area contributed by atoms with Crippen molar-refractivity contribution in [2.75, 3.05) is 12.0 Å². The Morgan fingerprint density at radius 2 is 1.70 bits per heavy atom. The molecular formula is C26H22FNO5. The standard InChI is InChI=1S/C26H22FNO5/c1-14-12-21(33-3)15(2)11-20(14)24(30)22-23(16-7-9-19(29)10-8-16)28(26(32)25(22)31)18-6-4-5-17(27)13-18/h4-13,23,29-30H,1-3H3/b24-22+. The largest absolute Gasteiger partial charge is 0.508 e. The highest BCUT2D eigenvalue weighted by Crippen LogP contribution is 2.43. The molecule has 1 aliphatic heterocycles. The van der Waals surface area contributed by atoms with E-state index in [1.807, 2.05) is 0 Å². The molecule has 0 bridgehead atoms. The number of phenolic OH excluding ortho intramolecular Hbond substituents is 1. The average molecular weight is 447 g/mol. The lowest BCUT2D eigenvalue weighted by Crippen LogP contribution is -2.29. The number of hydrogen-bond donors (Lipinski definition) is 2. The van der Waals surface area contributed by atoms with E-state index in [1.165, 1.54) is 37.4 Å². The van der Waals surface area contributed by atoms with Crippen LogP contribution in [0.3, 0.4) is 0 Å². The van der Waals surface area contributed by atoms with Gasteiger partial charge in [0.25, 0.3) is 11.7 Å². The number of ketones is 1. The normalized spacial score (nSPS) is 17.5. The van der Waals surface area contributed by atoms with Crippen LogP contribution in [0.25, 0.3) is 5.76 Å². The second kappa shape index (κ2) is 8.43. The number of amides is 1. The number of aryl methyl sites for hydroxylation is 2. The number of rotatable bonds is 4. The first-order valence-electron chi connectivity index (χ1n) is 10.2. The Balaban J connectivity index is 1.98. The van der Waals surface area contributed by atoms with Gasteiger partial charge in [0.2, 0.25) is 0 Å². The van der Waals surface area contributed by atoms with E-state index in [0.717, 1.165) is 16.5 Å². The summed E-state index contributed by atoms with van der Waals surface area (Å²) in [6, 6.07) is 13.7. The van der Waals surface area contributed by atoms with Crippen LogP contribution in [-0.2, 0) is 9.59 Å². The minimum atomic E-state index is -1.02. The van der Waals surface area contributed by atoms with Crippen molar-refractivity contribution < 1.29 is 28.9 Å². The van der Waals surface area contributed by atoms with Gasteiger partial charge in [0, 0.05) is 11.3 Å². The Morgan fingerprint density at radius 3 is 2.33 bits per heavy atom. The molecule has 0 spiro atoms. The van der Waals surface area contributed by atoms with Gasteiger partial charge in [0.05, 0.1) is 18.7 Å². The fourth-order valence-corrected chi connectivity index (χ4v) is 4.11. The third-order valence-electron chi connectivity index (χ3n) is 5.74. The zero-order valence-corrected chi connectivity index (χ0v) is 18.3. The summed E-state index contributed by atoms with van der Waals surface area (Å²) in [5.41, 5.74) is 2.30. The maximum Gasteiger partial charge on any atom is 0.300 e. The summed E-state index contributed by atoms with van der Waals surface area (Å²) in [5, 5.41) is 21.0. The molecule has 1 heterocycles. The van der Waals surface area contributed by atoms with E-state index in [-0.39, 0.29) is 22.8 Å². The van der Waals surface area contributed by atoms with Crippen molar-refractivity contribution in [3.63, 3.8) is 0 Å². The third-order valence-corrected chi connectivity index (χ3v) is 5.74. The Hall–Kier alpha value is -4.13. The van der Waals surface area contributed by atoms with Gasteiger partial charge < -0.3 is 14.9 Å². The molecule has 0 radical (unpaired) electrons. The molecule has 0 aliphatic carbocycles. The van der Waals surface area contributed by atoms with Crippen molar-refractivity contribution in [2.24, 2.45) is 0 Å². The molecule has 0 aromatic heterocycles. The summed E-state index contributed by atoms with van der Waals surface area (Å²) < 4.78 is 19.3. The zero-order valence-electron chi connectivity index (χ0n) is 18.3. The first-order chi connectivity index (χ1) is 15.7. The van der Waals surface area contributed by atoms with Crippen LogP contribution in [0.4, 0.5) is 10.1 Å². The molecule has 168 valence electrons. The number of halogens is 1. The number of hydrogen-bond acceptors (Lipinski definition) is 5. The van der Waals surface area contributed by atoms with Crippen LogP contribution in [0.5, 0.6) is 11.5 Å². The number of carbonyl (C=O) groups is 2. The van der Waals surface area contributed by atoms with E-state index in [4.69, 9.17) is 4.74 Å². The summed E-state index contributed by atoms with van der Waals surface area (Å²) in [5.74, 6) is -2.05. The number of ether oxygens (including phenoxy) is 1. The van der Waals surface area contributed by atoms with E-state index in [1.54, 1.807) is 38.1 Å². The molecule has 33 heavy (non-hydrogen) atoms.